The highest BCUT2D eigenvalue weighted by Gasteiger charge is 2.35. The lowest BCUT2D eigenvalue weighted by Crippen LogP contribution is -2.28. The number of Topliss-reactive ketones (excluding diaryl/α,β-unsaturated/α-hetero) is 1. The molecule has 17 heavy (non-hydrogen) atoms. The van der Waals surface area contributed by atoms with Gasteiger partial charge < -0.3 is 0 Å². The second-order valence-corrected chi connectivity index (χ2v) is 5.48. The maximum atomic E-state index is 12.1. The summed E-state index contributed by atoms with van der Waals surface area (Å²) in [5.74, 6) is 0.192. The first-order valence-corrected chi connectivity index (χ1v) is 5.91. The number of carbonyl (C=O) groups excluding carboxylic acids is 1. The number of nitriles is 1. The molecular formula is C13H17N3O. The lowest BCUT2D eigenvalue weighted by Gasteiger charge is -2.29. The van der Waals surface area contributed by atoms with Crippen LogP contribution in [0.3, 0.4) is 0 Å². The molecule has 90 valence electrons. The molecule has 0 saturated carbocycles. The molecule has 0 aliphatic heterocycles. The number of hydrogen-bond acceptors (Lipinski definition) is 3. The lowest BCUT2D eigenvalue weighted by molar-refractivity contribution is 0.0909. The summed E-state index contributed by atoms with van der Waals surface area (Å²) in [6, 6.07) is 2.12. The molecule has 1 aliphatic rings. The van der Waals surface area contributed by atoms with Crippen molar-refractivity contribution in [2.75, 3.05) is 0 Å². The summed E-state index contributed by atoms with van der Waals surface area (Å²) < 4.78 is 1.84. The van der Waals surface area contributed by atoms with Crippen molar-refractivity contribution in [2.24, 2.45) is 5.41 Å². The fourth-order valence-electron chi connectivity index (χ4n) is 2.55. The minimum atomic E-state index is 0.000942. The van der Waals surface area contributed by atoms with E-state index >= 15 is 0 Å². The molecule has 0 N–H and O–H groups in total. The van der Waals surface area contributed by atoms with Gasteiger partial charge >= 0.3 is 0 Å². The SMILES string of the molecule is Cc1nn(CCC#N)c2c1C(=O)CC(C)(C)C2. The molecule has 2 rings (SSSR count). The van der Waals surface area contributed by atoms with Crippen molar-refractivity contribution < 1.29 is 4.79 Å². The van der Waals surface area contributed by atoms with Crippen molar-refractivity contribution in [1.82, 2.24) is 9.78 Å². The molecule has 0 unspecified atom stereocenters. The predicted octanol–water partition coefficient (Wildman–Crippen LogP) is 2.26. The normalized spacial score (nSPS) is 17.6. The van der Waals surface area contributed by atoms with Gasteiger partial charge in [0.2, 0.25) is 0 Å². The molecular weight excluding hydrogens is 214 g/mol. The molecule has 4 nitrogen and oxygen atoms in total. The molecule has 4 heteroatoms. The van der Waals surface area contributed by atoms with Gasteiger partial charge in [-0.15, -0.1) is 0 Å². The molecule has 0 radical (unpaired) electrons. The Kier molecular flexibility index (Phi) is 2.78. The van der Waals surface area contributed by atoms with E-state index < -0.39 is 0 Å². The Bertz CT molecular complexity index is 505. The summed E-state index contributed by atoms with van der Waals surface area (Å²) in [6.07, 6.45) is 1.88. The molecule has 0 atom stereocenters. The first-order chi connectivity index (χ1) is 7.94. The number of aromatic nitrogens is 2. The van der Waals surface area contributed by atoms with Crippen molar-refractivity contribution in [2.45, 2.75) is 46.6 Å². The average molecular weight is 231 g/mol. The summed E-state index contributed by atoms with van der Waals surface area (Å²) in [6.45, 7) is 6.66. The highest BCUT2D eigenvalue weighted by Crippen LogP contribution is 2.35. The number of carbonyl (C=O) groups is 1. The Morgan fingerprint density at radius 2 is 2.18 bits per heavy atom. The molecule has 0 saturated heterocycles. The van der Waals surface area contributed by atoms with Gasteiger partial charge in [-0.2, -0.15) is 10.4 Å². The fourth-order valence-corrected chi connectivity index (χ4v) is 2.55. The van der Waals surface area contributed by atoms with Crippen molar-refractivity contribution in [1.29, 1.82) is 5.26 Å². The van der Waals surface area contributed by atoms with Gasteiger partial charge in [0, 0.05) is 6.42 Å². The van der Waals surface area contributed by atoms with E-state index in [1.54, 1.807) is 0 Å². The molecule has 1 aromatic heterocycles. The standard InChI is InChI=1S/C13H17N3O/c1-9-12-10(16(15-9)6-4-5-14)7-13(2,3)8-11(12)17/h4,6-8H2,1-3H3. The predicted molar refractivity (Wildman–Crippen MR) is 63.6 cm³/mol. The van der Waals surface area contributed by atoms with Gasteiger partial charge in [0.1, 0.15) is 0 Å². The highest BCUT2D eigenvalue weighted by atomic mass is 16.1. The Balaban J connectivity index is 2.44. The van der Waals surface area contributed by atoms with E-state index in [-0.39, 0.29) is 11.2 Å². The zero-order valence-electron chi connectivity index (χ0n) is 10.6. The fraction of sp³-hybridized carbons (Fsp3) is 0.615. The van der Waals surface area contributed by atoms with E-state index in [1.165, 1.54) is 0 Å². The van der Waals surface area contributed by atoms with Gasteiger partial charge in [0.15, 0.2) is 5.78 Å². The summed E-state index contributed by atoms with van der Waals surface area (Å²) in [7, 11) is 0. The van der Waals surface area contributed by atoms with Gasteiger partial charge in [-0.05, 0) is 18.8 Å². The largest absolute Gasteiger partial charge is 0.294 e. The summed E-state index contributed by atoms with van der Waals surface area (Å²) in [4.78, 5) is 12.1. The minimum Gasteiger partial charge on any atom is -0.294 e. The van der Waals surface area contributed by atoms with Crippen LogP contribution >= 0.6 is 0 Å². The zero-order valence-corrected chi connectivity index (χ0v) is 10.6. The maximum absolute atomic E-state index is 12.1. The zero-order chi connectivity index (χ0) is 12.6. The number of rotatable bonds is 2. The Morgan fingerprint density at radius 3 is 2.82 bits per heavy atom. The van der Waals surface area contributed by atoms with Crippen molar-refractivity contribution >= 4 is 5.78 Å². The number of nitrogens with zero attached hydrogens (tertiary/aromatic N) is 3. The van der Waals surface area contributed by atoms with Crippen LogP contribution in [0.5, 0.6) is 0 Å². The number of aryl methyl sites for hydroxylation is 2. The average Bonchev–Trinajstić information content (AvgIpc) is 2.50. The Morgan fingerprint density at radius 1 is 1.47 bits per heavy atom. The van der Waals surface area contributed by atoms with E-state index in [9.17, 15) is 4.79 Å². The summed E-state index contributed by atoms with van der Waals surface area (Å²) in [5.41, 5.74) is 2.61. The van der Waals surface area contributed by atoms with Crippen molar-refractivity contribution in [3.63, 3.8) is 0 Å². The van der Waals surface area contributed by atoms with Gasteiger partial charge in [-0.25, -0.2) is 0 Å². The van der Waals surface area contributed by atoms with Crippen LogP contribution in [0.2, 0.25) is 0 Å². The molecule has 0 amide bonds. The highest BCUT2D eigenvalue weighted by molar-refractivity contribution is 5.99. The van der Waals surface area contributed by atoms with Crippen LogP contribution in [0.25, 0.3) is 0 Å². The van der Waals surface area contributed by atoms with E-state index in [4.69, 9.17) is 5.26 Å². The van der Waals surface area contributed by atoms with Crippen LogP contribution in [0.15, 0.2) is 0 Å². The minimum absolute atomic E-state index is 0.000942. The molecule has 1 aliphatic carbocycles. The Labute approximate surface area is 101 Å². The lowest BCUT2D eigenvalue weighted by atomic mass is 9.75. The van der Waals surface area contributed by atoms with E-state index in [1.807, 2.05) is 11.6 Å². The van der Waals surface area contributed by atoms with Gasteiger partial charge in [-0.1, -0.05) is 13.8 Å². The van der Waals surface area contributed by atoms with Gasteiger partial charge in [0.25, 0.3) is 0 Å². The van der Waals surface area contributed by atoms with Gasteiger partial charge in [-0.3, -0.25) is 9.48 Å². The number of fused-ring (bicyclic) bond motifs is 1. The second-order valence-electron chi connectivity index (χ2n) is 5.48. The quantitative estimate of drug-likeness (QED) is 0.784. The summed E-state index contributed by atoms with van der Waals surface area (Å²) in [5, 5.41) is 13.0. The maximum Gasteiger partial charge on any atom is 0.167 e. The van der Waals surface area contributed by atoms with E-state index in [0.717, 1.165) is 23.4 Å². The van der Waals surface area contributed by atoms with Crippen LogP contribution in [-0.4, -0.2) is 15.6 Å². The third-order valence-corrected chi connectivity index (χ3v) is 3.23. The first kappa shape index (κ1) is 11.8. The second kappa shape index (κ2) is 3.99. The Hall–Kier alpha value is -1.63. The van der Waals surface area contributed by atoms with Crippen LogP contribution in [0.4, 0.5) is 0 Å². The van der Waals surface area contributed by atoms with Crippen LogP contribution in [-0.2, 0) is 13.0 Å². The molecule has 0 aromatic carbocycles. The topological polar surface area (TPSA) is 58.7 Å². The van der Waals surface area contributed by atoms with E-state index in [2.05, 4.69) is 25.0 Å². The van der Waals surface area contributed by atoms with E-state index in [0.29, 0.717) is 19.4 Å². The molecule has 0 spiro atoms. The molecule has 1 heterocycles. The smallest absolute Gasteiger partial charge is 0.167 e. The van der Waals surface area contributed by atoms with Crippen LogP contribution in [0.1, 0.15) is 48.4 Å². The monoisotopic (exact) mass is 231 g/mol. The number of hydrogen-bond donors (Lipinski definition) is 0. The first-order valence-electron chi connectivity index (χ1n) is 5.91. The van der Waals surface area contributed by atoms with Gasteiger partial charge in [0.05, 0.1) is 36.0 Å². The molecule has 1 aromatic rings. The summed E-state index contributed by atoms with van der Waals surface area (Å²) >= 11 is 0. The van der Waals surface area contributed by atoms with Crippen LogP contribution < -0.4 is 0 Å². The third-order valence-electron chi connectivity index (χ3n) is 3.23. The molecule has 0 bridgehead atoms. The van der Waals surface area contributed by atoms with Crippen molar-refractivity contribution in [3.05, 3.63) is 17.0 Å². The third kappa shape index (κ3) is 2.10. The molecule has 0 fully saturated rings. The van der Waals surface area contributed by atoms with Crippen LogP contribution in [0, 0.1) is 23.7 Å². The van der Waals surface area contributed by atoms with Crippen molar-refractivity contribution in [3.8, 4) is 6.07 Å². The number of ketones is 1.